The van der Waals surface area contributed by atoms with E-state index in [1.807, 2.05) is 27.7 Å². The van der Waals surface area contributed by atoms with E-state index in [1.54, 1.807) is 6.92 Å². The molecule has 0 spiro atoms. The van der Waals surface area contributed by atoms with Gasteiger partial charge >= 0.3 is 6.09 Å². The molecule has 5 heteroatoms. The zero-order valence-corrected chi connectivity index (χ0v) is 11.5. The van der Waals surface area contributed by atoms with Gasteiger partial charge in [0, 0.05) is 19.1 Å². The lowest BCUT2D eigenvalue weighted by Crippen LogP contribution is -2.39. The summed E-state index contributed by atoms with van der Waals surface area (Å²) in [7, 11) is 0. The van der Waals surface area contributed by atoms with E-state index in [2.05, 4.69) is 10.6 Å². The fraction of sp³-hybridized carbons (Fsp3) is 0.917. The number of hydrogen-bond donors (Lipinski definition) is 3. The fourth-order valence-corrected chi connectivity index (χ4v) is 1.39. The maximum absolute atomic E-state index is 11.3. The molecule has 0 aromatic heterocycles. The number of alkyl carbamates (subject to hydrolysis) is 1. The van der Waals surface area contributed by atoms with Gasteiger partial charge in [-0.05, 0) is 41.0 Å². The third kappa shape index (κ3) is 11.5. The molecule has 1 amide bonds. The van der Waals surface area contributed by atoms with Crippen molar-refractivity contribution in [3.05, 3.63) is 0 Å². The van der Waals surface area contributed by atoms with Crippen LogP contribution in [0, 0.1) is 0 Å². The van der Waals surface area contributed by atoms with Crippen molar-refractivity contribution in [1.82, 2.24) is 10.6 Å². The number of ether oxygens (including phenoxy) is 1. The molecule has 0 bridgehead atoms. The Balaban J connectivity index is 3.55. The minimum absolute atomic E-state index is 0.232. The zero-order valence-electron chi connectivity index (χ0n) is 11.5. The van der Waals surface area contributed by atoms with Gasteiger partial charge in [0.25, 0.3) is 0 Å². The first-order valence-corrected chi connectivity index (χ1v) is 6.09. The summed E-state index contributed by atoms with van der Waals surface area (Å²) in [6.45, 7) is 10.4. The van der Waals surface area contributed by atoms with Crippen LogP contribution in [0.25, 0.3) is 0 Å². The average Bonchev–Trinajstić information content (AvgIpc) is 2.08. The van der Waals surface area contributed by atoms with Crippen molar-refractivity contribution in [2.24, 2.45) is 0 Å². The molecule has 2 atom stereocenters. The highest BCUT2D eigenvalue weighted by atomic mass is 16.6. The number of aliphatic hydroxyl groups excluding tert-OH is 1. The van der Waals surface area contributed by atoms with Crippen LogP contribution in [-0.4, -0.2) is 42.0 Å². The number of rotatable bonds is 6. The van der Waals surface area contributed by atoms with Crippen LogP contribution >= 0.6 is 0 Å². The largest absolute Gasteiger partial charge is 0.444 e. The molecule has 0 heterocycles. The summed E-state index contributed by atoms with van der Waals surface area (Å²) in [5.41, 5.74) is -0.461. The fourth-order valence-electron chi connectivity index (χ4n) is 1.39. The van der Waals surface area contributed by atoms with Crippen LogP contribution < -0.4 is 10.6 Å². The molecule has 0 saturated carbocycles. The second-order valence-corrected chi connectivity index (χ2v) is 5.37. The van der Waals surface area contributed by atoms with Crippen molar-refractivity contribution in [3.63, 3.8) is 0 Å². The van der Waals surface area contributed by atoms with Crippen LogP contribution in [0.5, 0.6) is 0 Å². The average molecular weight is 246 g/mol. The molecule has 0 aromatic carbocycles. The SMILES string of the molecule is CC(O)CC(C)NCCNC(=O)OC(C)(C)C. The van der Waals surface area contributed by atoms with E-state index in [-0.39, 0.29) is 12.1 Å². The molecule has 0 aromatic rings. The molecule has 0 aliphatic heterocycles. The van der Waals surface area contributed by atoms with Gasteiger partial charge in [0.1, 0.15) is 5.60 Å². The van der Waals surface area contributed by atoms with Crippen molar-refractivity contribution in [3.8, 4) is 0 Å². The number of aliphatic hydroxyl groups is 1. The summed E-state index contributed by atoms with van der Waals surface area (Å²) >= 11 is 0. The van der Waals surface area contributed by atoms with Gasteiger partial charge in [-0.1, -0.05) is 0 Å². The molecule has 0 radical (unpaired) electrons. The molecular formula is C12H26N2O3. The van der Waals surface area contributed by atoms with Gasteiger partial charge in [0.05, 0.1) is 6.10 Å². The van der Waals surface area contributed by atoms with Crippen LogP contribution in [-0.2, 0) is 4.74 Å². The van der Waals surface area contributed by atoms with E-state index >= 15 is 0 Å². The van der Waals surface area contributed by atoms with Crippen LogP contribution in [0.15, 0.2) is 0 Å². The molecule has 0 rings (SSSR count). The molecule has 2 unspecified atom stereocenters. The van der Waals surface area contributed by atoms with Gasteiger partial charge < -0.3 is 20.5 Å². The summed E-state index contributed by atoms with van der Waals surface area (Å²) in [6.07, 6.45) is -0.00862. The van der Waals surface area contributed by atoms with Gasteiger partial charge in [0.15, 0.2) is 0 Å². The molecule has 0 saturated heterocycles. The van der Waals surface area contributed by atoms with Gasteiger partial charge in [0.2, 0.25) is 0 Å². The Morgan fingerprint density at radius 2 is 1.88 bits per heavy atom. The molecule has 0 aliphatic rings. The van der Waals surface area contributed by atoms with Crippen molar-refractivity contribution < 1.29 is 14.6 Å². The standard InChI is InChI=1S/C12H26N2O3/c1-9(8-10(2)15)13-6-7-14-11(16)17-12(3,4)5/h9-10,13,15H,6-8H2,1-5H3,(H,14,16). The number of nitrogens with one attached hydrogen (secondary N) is 2. The van der Waals surface area contributed by atoms with E-state index in [1.165, 1.54) is 0 Å². The Labute approximate surface area is 104 Å². The van der Waals surface area contributed by atoms with E-state index in [4.69, 9.17) is 9.84 Å². The molecule has 0 aliphatic carbocycles. The van der Waals surface area contributed by atoms with Crippen LogP contribution in [0.1, 0.15) is 41.0 Å². The van der Waals surface area contributed by atoms with Crippen LogP contribution in [0.3, 0.4) is 0 Å². The predicted octanol–water partition coefficient (Wildman–Crippen LogP) is 1.26. The van der Waals surface area contributed by atoms with Crippen LogP contribution in [0.4, 0.5) is 4.79 Å². The molecular weight excluding hydrogens is 220 g/mol. The Morgan fingerprint density at radius 3 is 2.35 bits per heavy atom. The first kappa shape index (κ1) is 16.2. The Kier molecular flexibility index (Phi) is 7.15. The van der Waals surface area contributed by atoms with E-state index in [0.717, 1.165) is 0 Å². The number of carbonyl (C=O) groups excluding carboxylic acids is 1. The van der Waals surface area contributed by atoms with Crippen molar-refractivity contribution >= 4 is 6.09 Å². The highest BCUT2D eigenvalue weighted by Gasteiger charge is 2.15. The highest BCUT2D eigenvalue weighted by Crippen LogP contribution is 2.05. The third-order valence-corrected chi connectivity index (χ3v) is 1.98. The maximum atomic E-state index is 11.3. The van der Waals surface area contributed by atoms with E-state index in [9.17, 15) is 4.79 Å². The van der Waals surface area contributed by atoms with Crippen molar-refractivity contribution in [2.45, 2.75) is 58.8 Å². The molecule has 5 nitrogen and oxygen atoms in total. The molecule has 0 fully saturated rings. The van der Waals surface area contributed by atoms with Gasteiger partial charge in [-0.25, -0.2) is 4.79 Å². The predicted molar refractivity (Wildman–Crippen MR) is 68.0 cm³/mol. The lowest BCUT2D eigenvalue weighted by Gasteiger charge is -2.20. The minimum Gasteiger partial charge on any atom is -0.444 e. The summed E-state index contributed by atoms with van der Waals surface area (Å²) in [6, 6.07) is 0.232. The highest BCUT2D eigenvalue weighted by molar-refractivity contribution is 5.67. The summed E-state index contributed by atoms with van der Waals surface area (Å²) < 4.78 is 5.09. The van der Waals surface area contributed by atoms with Gasteiger partial charge in [-0.2, -0.15) is 0 Å². The second kappa shape index (κ2) is 7.50. The molecule has 3 N–H and O–H groups in total. The summed E-state index contributed by atoms with van der Waals surface area (Å²) in [5.74, 6) is 0. The third-order valence-electron chi connectivity index (χ3n) is 1.98. The quantitative estimate of drug-likeness (QED) is 0.617. The number of carbonyl (C=O) groups is 1. The zero-order chi connectivity index (χ0) is 13.5. The maximum Gasteiger partial charge on any atom is 0.407 e. The Hall–Kier alpha value is -0.810. The van der Waals surface area contributed by atoms with Crippen molar-refractivity contribution in [1.29, 1.82) is 0 Å². The van der Waals surface area contributed by atoms with Crippen molar-refractivity contribution in [2.75, 3.05) is 13.1 Å². The van der Waals surface area contributed by atoms with E-state index in [0.29, 0.717) is 19.5 Å². The topological polar surface area (TPSA) is 70.6 Å². The lowest BCUT2D eigenvalue weighted by molar-refractivity contribution is 0.0527. The Bertz CT molecular complexity index is 224. The summed E-state index contributed by atoms with van der Waals surface area (Å²) in [5, 5.41) is 15.0. The normalized spacial score (nSPS) is 15.2. The molecule has 17 heavy (non-hydrogen) atoms. The molecule has 102 valence electrons. The summed E-state index contributed by atoms with van der Waals surface area (Å²) in [4.78, 5) is 11.3. The number of amides is 1. The monoisotopic (exact) mass is 246 g/mol. The van der Waals surface area contributed by atoms with Gasteiger partial charge in [-0.3, -0.25) is 0 Å². The lowest BCUT2D eigenvalue weighted by atomic mass is 10.1. The Morgan fingerprint density at radius 1 is 1.29 bits per heavy atom. The first-order chi connectivity index (χ1) is 7.70. The smallest absolute Gasteiger partial charge is 0.407 e. The number of hydrogen-bond acceptors (Lipinski definition) is 4. The van der Waals surface area contributed by atoms with Gasteiger partial charge in [-0.15, -0.1) is 0 Å². The second-order valence-electron chi connectivity index (χ2n) is 5.37. The first-order valence-electron chi connectivity index (χ1n) is 6.09. The van der Waals surface area contributed by atoms with E-state index < -0.39 is 11.7 Å². The van der Waals surface area contributed by atoms with Crippen LogP contribution in [0.2, 0.25) is 0 Å². The minimum atomic E-state index is -0.461.